The fourth-order valence-electron chi connectivity index (χ4n) is 9.60. The Bertz CT molecular complexity index is 2400. The summed E-state index contributed by atoms with van der Waals surface area (Å²) < 4.78 is 52.7. The third kappa shape index (κ3) is 12.1. The molecule has 2 aromatic carbocycles. The van der Waals surface area contributed by atoms with Crippen LogP contribution in [0.3, 0.4) is 0 Å². The number of hydrogen-bond acceptors (Lipinski definition) is 11. The number of amides is 3. The minimum Gasteiger partial charge on any atom is -0.494 e. The number of carbonyl (C=O) groups excluding carboxylic acids is 3. The zero-order valence-corrected chi connectivity index (χ0v) is 40.4. The molecule has 1 saturated carbocycles. The smallest absolute Gasteiger partial charge is 0.453 e. The number of alkyl halides is 3. The lowest BCUT2D eigenvalue weighted by Crippen LogP contribution is -2.58. The summed E-state index contributed by atoms with van der Waals surface area (Å²) in [6.07, 6.45) is 5.40. The van der Waals surface area contributed by atoms with Crippen LogP contribution in [0.1, 0.15) is 126 Å². The number of thiazole rings is 1. The zero-order valence-electron chi connectivity index (χ0n) is 39.6. The lowest BCUT2D eigenvalue weighted by atomic mass is 9.85. The van der Waals surface area contributed by atoms with E-state index in [1.165, 1.54) is 5.56 Å². The van der Waals surface area contributed by atoms with E-state index in [0.717, 1.165) is 103 Å². The number of likely N-dealkylation sites (tertiary alicyclic amines) is 2. The van der Waals surface area contributed by atoms with Gasteiger partial charge >= 0.3 is 6.18 Å². The average Bonchev–Trinajstić information content (AvgIpc) is 3.58. The highest BCUT2D eigenvalue weighted by Gasteiger charge is 2.56. The van der Waals surface area contributed by atoms with E-state index in [9.17, 15) is 27.6 Å². The maximum absolute atomic E-state index is 14.2. The zero-order chi connectivity index (χ0) is 48.1. The number of aryl methyl sites for hydroxylation is 2. The van der Waals surface area contributed by atoms with Gasteiger partial charge in [-0.25, -0.2) is 4.98 Å². The van der Waals surface area contributed by atoms with Crippen molar-refractivity contribution in [3.8, 4) is 16.2 Å². The number of unbranched alkanes of at least 4 members (excludes halogenated alkanes) is 4. The maximum atomic E-state index is 14.2. The van der Waals surface area contributed by atoms with Gasteiger partial charge in [-0.1, -0.05) is 76.4 Å². The van der Waals surface area contributed by atoms with E-state index < -0.39 is 29.5 Å². The molecule has 18 heteroatoms. The molecule has 8 rings (SSSR count). The number of ether oxygens (including phenoxy) is 2. The molecule has 1 aliphatic carbocycles. The number of piperidine rings is 1. The molecule has 366 valence electrons. The Morgan fingerprint density at radius 1 is 0.912 bits per heavy atom. The normalized spacial score (nSPS) is 18.6. The van der Waals surface area contributed by atoms with E-state index in [1.807, 2.05) is 69.6 Å². The van der Waals surface area contributed by atoms with E-state index in [-0.39, 0.29) is 35.6 Å². The SMILES string of the molecule is Cc1ncsc1-c1ccc(CNC(=O)[C@@H]2CC3(CC3)CN2C(=O)[C@@H](NC(=O)COCCCCCCCOc2ccc(C3CCN(C4=Nn5c(nnc5C(F)(F)F)CC4)CC3)cc2)C(C)(C)C)cc1. The van der Waals surface area contributed by atoms with Crippen molar-refractivity contribution in [2.24, 2.45) is 15.9 Å². The highest BCUT2D eigenvalue weighted by molar-refractivity contribution is 7.13. The third-order valence-corrected chi connectivity index (χ3v) is 14.8. The first kappa shape index (κ1) is 49.1. The number of halogens is 3. The summed E-state index contributed by atoms with van der Waals surface area (Å²) in [5.41, 5.74) is 5.51. The van der Waals surface area contributed by atoms with Gasteiger partial charge in [0.15, 0.2) is 5.82 Å². The second-order valence-corrected chi connectivity index (χ2v) is 20.9. The first-order valence-corrected chi connectivity index (χ1v) is 25.0. The quantitative estimate of drug-likeness (QED) is 0.0938. The second kappa shape index (κ2) is 21.1. The van der Waals surface area contributed by atoms with E-state index >= 15 is 0 Å². The largest absolute Gasteiger partial charge is 0.494 e. The fourth-order valence-corrected chi connectivity index (χ4v) is 10.4. The summed E-state index contributed by atoms with van der Waals surface area (Å²) in [5, 5.41) is 17.3. The maximum Gasteiger partial charge on any atom is 0.453 e. The van der Waals surface area contributed by atoms with E-state index in [0.29, 0.717) is 57.3 Å². The standard InChI is InChI=1S/C50H64F3N9O5S/c1-33-43(68-32-55-33)37-12-10-34(11-13-37)29-54-45(64)39-28-49(22-23-49)31-61(39)46(65)44(48(2,3)4)56-42(63)30-66-26-8-6-5-7-9-27-67-38-16-14-35(15-17-38)36-20-24-60(25-21-36)41-19-18-40-57-58-47(50(51,52)53)62(40)59-41/h10-17,32,36,39,44H,5-9,18-31H2,1-4H3,(H,54,64)(H,56,63)/t39-,44+/m0/s1. The van der Waals surface area contributed by atoms with Crippen LogP contribution < -0.4 is 15.4 Å². The molecule has 3 aliphatic heterocycles. The molecule has 3 fully saturated rings. The molecule has 3 amide bonds. The summed E-state index contributed by atoms with van der Waals surface area (Å²) in [5.74, 6) is 0.244. The molecular weight excluding hydrogens is 896 g/mol. The number of benzene rings is 2. The molecule has 0 radical (unpaired) electrons. The summed E-state index contributed by atoms with van der Waals surface area (Å²) in [7, 11) is 0. The van der Waals surface area contributed by atoms with Crippen LogP contribution in [0.2, 0.25) is 0 Å². The molecule has 2 atom stereocenters. The van der Waals surface area contributed by atoms with E-state index in [1.54, 1.807) is 16.2 Å². The Hall–Kier alpha value is -5.36. The number of nitrogens with zero attached hydrogens (tertiary/aromatic N) is 7. The molecule has 4 aliphatic rings. The number of fused-ring (bicyclic) bond motifs is 1. The molecule has 68 heavy (non-hydrogen) atoms. The summed E-state index contributed by atoms with van der Waals surface area (Å²) >= 11 is 1.60. The topological polar surface area (TPSA) is 156 Å². The van der Waals surface area contributed by atoms with Gasteiger partial charge in [-0.3, -0.25) is 14.4 Å². The lowest BCUT2D eigenvalue weighted by Gasteiger charge is -2.35. The van der Waals surface area contributed by atoms with Crippen molar-refractivity contribution in [2.75, 3.05) is 39.5 Å². The van der Waals surface area contributed by atoms with Crippen molar-refractivity contribution in [3.63, 3.8) is 0 Å². The van der Waals surface area contributed by atoms with Gasteiger partial charge in [0.2, 0.25) is 17.7 Å². The van der Waals surface area contributed by atoms with Crippen LogP contribution in [0.4, 0.5) is 13.2 Å². The Labute approximate surface area is 400 Å². The lowest BCUT2D eigenvalue weighted by molar-refractivity contribution is -0.147. The van der Waals surface area contributed by atoms with Gasteiger partial charge in [-0.2, -0.15) is 22.9 Å². The monoisotopic (exact) mass is 959 g/mol. The molecule has 5 heterocycles. The van der Waals surface area contributed by atoms with Crippen LogP contribution in [-0.2, 0) is 38.3 Å². The van der Waals surface area contributed by atoms with Gasteiger partial charge in [-0.15, -0.1) is 21.5 Å². The van der Waals surface area contributed by atoms with Gasteiger partial charge in [0.1, 0.15) is 30.3 Å². The van der Waals surface area contributed by atoms with Crippen molar-refractivity contribution < 1.29 is 37.0 Å². The predicted molar refractivity (Wildman–Crippen MR) is 253 cm³/mol. The Morgan fingerprint density at radius 2 is 1.62 bits per heavy atom. The minimum absolute atomic E-state index is 0.0227. The van der Waals surface area contributed by atoms with Crippen molar-refractivity contribution in [1.29, 1.82) is 0 Å². The highest BCUT2D eigenvalue weighted by Crippen LogP contribution is 2.55. The van der Waals surface area contributed by atoms with Gasteiger partial charge in [0, 0.05) is 45.6 Å². The number of nitrogens with one attached hydrogen (secondary N) is 2. The highest BCUT2D eigenvalue weighted by atomic mass is 32.1. The third-order valence-electron chi connectivity index (χ3n) is 13.8. The van der Waals surface area contributed by atoms with Gasteiger partial charge in [0.25, 0.3) is 5.82 Å². The number of rotatable bonds is 18. The van der Waals surface area contributed by atoms with Crippen molar-refractivity contribution in [1.82, 2.24) is 40.3 Å². The molecule has 2 saturated heterocycles. The van der Waals surface area contributed by atoms with E-state index in [2.05, 4.69) is 47.9 Å². The molecule has 14 nitrogen and oxygen atoms in total. The molecular formula is C50H64F3N9O5S. The minimum atomic E-state index is -4.60. The first-order valence-electron chi connectivity index (χ1n) is 24.1. The Balaban J connectivity index is 0.693. The van der Waals surface area contributed by atoms with Crippen LogP contribution in [0.5, 0.6) is 5.75 Å². The van der Waals surface area contributed by atoms with Gasteiger partial charge < -0.3 is 29.9 Å². The average molecular weight is 960 g/mol. The molecule has 1 spiro atoms. The number of carbonyl (C=O) groups is 3. The molecule has 2 aromatic heterocycles. The summed E-state index contributed by atoms with van der Waals surface area (Å²) in [4.78, 5) is 50.3. The van der Waals surface area contributed by atoms with Crippen LogP contribution >= 0.6 is 11.3 Å². The second-order valence-electron chi connectivity index (χ2n) is 20.0. The van der Waals surface area contributed by atoms with Crippen molar-refractivity contribution >= 4 is 34.9 Å². The van der Waals surface area contributed by atoms with Crippen LogP contribution in [-0.4, -0.2) is 105 Å². The first-order chi connectivity index (χ1) is 32.6. The molecule has 0 bridgehead atoms. The van der Waals surface area contributed by atoms with Crippen LogP contribution in [0.15, 0.2) is 59.1 Å². The summed E-state index contributed by atoms with van der Waals surface area (Å²) in [6, 6.07) is 14.9. The van der Waals surface area contributed by atoms with Crippen molar-refractivity contribution in [3.05, 3.63) is 82.5 Å². The Kier molecular flexibility index (Phi) is 15.2. The van der Waals surface area contributed by atoms with Crippen LogP contribution in [0.25, 0.3) is 10.4 Å². The van der Waals surface area contributed by atoms with Gasteiger partial charge in [-0.05, 0) is 97.4 Å². The molecule has 4 aromatic rings. The van der Waals surface area contributed by atoms with E-state index in [4.69, 9.17) is 9.47 Å². The number of amidine groups is 1. The molecule has 0 unspecified atom stereocenters. The van der Waals surface area contributed by atoms with Crippen molar-refractivity contribution in [2.45, 2.75) is 135 Å². The fraction of sp³-hybridized carbons (Fsp3) is 0.580. The van der Waals surface area contributed by atoms with Gasteiger partial charge in [0.05, 0.1) is 22.7 Å². The predicted octanol–water partition coefficient (Wildman–Crippen LogP) is 8.29. The number of aromatic nitrogens is 4. The van der Waals surface area contributed by atoms with Crippen LogP contribution in [0, 0.1) is 17.8 Å². The summed E-state index contributed by atoms with van der Waals surface area (Å²) in [6.45, 7) is 11.0. The Morgan fingerprint density at radius 3 is 2.28 bits per heavy atom. The molecule has 2 N–H and O–H groups in total. The number of hydrogen-bond donors (Lipinski definition) is 2.